The molecule has 3 aromatic rings. The monoisotopic (exact) mass is 524 g/mol. The molecule has 6 nitrogen and oxygen atoms in total. The minimum atomic E-state index is -0.515. The molecule has 2 aliphatic heterocycles. The van der Waals surface area contributed by atoms with Crippen LogP contribution in [0.4, 0.5) is 11.5 Å². The van der Waals surface area contributed by atoms with E-state index in [2.05, 4.69) is 84.0 Å². The van der Waals surface area contributed by atoms with Crippen molar-refractivity contribution in [3.63, 3.8) is 0 Å². The van der Waals surface area contributed by atoms with Crippen LogP contribution in [0.2, 0.25) is 0 Å². The molecule has 2 aromatic carbocycles. The fraction of sp³-hybridized carbons (Fsp3) is 0.394. The van der Waals surface area contributed by atoms with Crippen molar-refractivity contribution in [1.82, 2.24) is 9.88 Å². The van der Waals surface area contributed by atoms with Crippen molar-refractivity contribution >= 4 is 23.4 Å². The van der Waals surface area contributed by atoms with Crippen molar-refractivity contribution in [3.05, 3.63) is 94.7 Å². The third-order valence-electron chi connectivity index (χ3n) is 7.76. The smallest absolute Gasteiger partial charge is 0.167 e. The van der Waals surface area contributed by atoms with E-state index in [1.54, 1.807) is 0 Å². The zero-order valence-electron chi connectivity index (χ0n) is 23.9. The van der Waals surface area contributed by atoms with Crippen LogP contribution in [-0.2, 0) is 16.1 Å². The van der Waals surface area contributed by atoms with E-state index in [0.29, 0.717) is 19.8 Å². The summed E-state index contributed by atoms with van der Waals surface area (Å²) in [5.74, 6) is 1.11. The first-order chi connectivity index (χ1) is 18.7. The van der Waals surface area contributed by atoms with Gasteiger partial charge in [-0.2, -0.15) is 0 Å². The molecule has 1 atom stereocenters. The number of benzene rings is 2. The van der Waals surface area contributed by atoms with E-state index < -0.39 is 5.41 Å². The normalized spacial score (nSPS) is 20.8. The Morgan fingerprint density at radius 1 is 1.00 bits per heavy atom. The van der Waals surface area contributed by atoms with Gasteiger partial charge in [-0.15, -0.1) is 0 Å². The Kier molecular flexibility index (Phi) is 7.87. The van der Waals surface area contributed by atoms with E-state index in [0.717, 1.165) is 48.0 Å². The molecule has 1 aromatic heterocycles. The van der Waals surface area contributed by atoms with Gasteiger partial charge in [0.25, 0.3) is 0 Å². The molecular formula is C33H40N4O2. The third kappa shape index (κ3) is 6.07. The molecule has 0 bridgehead atoms. The highest BCUT2D eigenvalue weighted by Gasteiger charge is 2.44. The Morgan fingerprint density at radius 3 is 2.36 bits per heavy atom. The lowest BCUT2D eigenvalue weighted by Gasteiger charge is -2.44. The molecule has 0 spiro atoms. The topological polar surface area (TPSA) is 48.9 Å². The molecule has 39 heavy (non-hydrogen) atoms. The number of piperidine rings is 1. The molecule has 2 fully saturated rings. The maximum absolute atomic E-state index is 14.1. The first-order valence-electron chi connectivity index (χ1n) is 13.8. The maximum atomic E-state index is 14.1. The molecule has 2 aliphatic rings. The summed E-state index contributed by atoms with van der Waals surface area (Å²) in [6, 6.07) is 23.2. The van der Waals surface area contributed by atoms with Gasteiger partial charge in [0.1, 0.15) is 5.82 Å². The molecule has 0 aliphatic carbocycles. The number of likely N-dealkylation sites (tertiary alicyclic amines) is 1. The van der Waals surface area contributed by atoms with E-state index in [4.69, 9.17) is 9.72 Å². The minimum Gasteiger partial charge on any atom is -0.378 e. The molecule has 0 radical (unpaired) electrons. The lowest BCUT2D eigenvalue weighted by atomic mass is 9.74. The average molecular weight is 525 g/mol. The molecule has 0 N–H and O–H groups in total. The fourth-order valence-corrected chi connectivity index (χ4v) is 5.60. The number of carbonyl (C=O) groups is 1. The van der Waals surface area contributed by atoms with Gasteiger partial charge in [0.05, 0.1) is 24.9 Å². The van der Waals surface area contributed by atoms with Crippen molar-refractivity contribution in [2.45, 2.75) is 33.4 Å². The number of carbonyl (C=O) groups excluding carboxylic acids is 1. The van der Waals surface area contributed by atoms with E-state index in [1.165, 1.54) is 11.1 Å². The first-order valence-corrected chi connectivity index (χ1v) is 13.8. The summed E-state index contributed by atoms with van der Waals surface area (Å²) in [5, 5.41) is 0. The number of morpholine rings is 1. The van der Waals surface area contributed by atoms with Gasteiger partial charge >= 0.3 is 0 Å². The van der Waals surface area contributed by atoms with Gasteiger partial charge in [0.15, 0.2) is 5.78 Å². The number of hydrogen-bond acceptors (Lipinski definition) is 6. The molecule has 1 unspecified atom stereocenters. The van der Waals surface area contributed by atoms with Crippen LogP contribution in [0.1, 0.15) is 42.3 Å². The van der Waals surface area contributed by atoms with Crippen LogP contribution >= 0.6 is 0 Å². The number of ether oxygens (including phenoxy) is 1. The molecule has 3 heterocycles. The zero-order valence-corrected chi connectivity index (χ0v) is 23.9. The van der Waals surface area contributed by atoms with Gasteiger partial charge in [-0.05, 0) is 48.4 Å². The number of aromatic nitrogens is 1. The van der Waals surface area contributed by atoms with Gasteiger partial charge in [-0.3, -0.25) is 9.69 Å². The predicted molar refractivity (Wildman–Crippen MR) is 159 cm³/mol. The lowest BCUT2D eigenvalue weighted by Crippen LogP contribution is -2.49. The van der Waals surface area contributed by atoms with Crippen LogP contribution in [0.15, 0.2) is 72.3 Å². The van der Waals surface area contributed by atoms with Crippen molar-refractivity contribution in [2.75, 3.05) is 56.7 Å². The summed E-state index contributed by atoms with van der Waals surface area (Å²) in [4.78, 5) is 25.9. The quantitative estimate of drug-likeness (QED) is 0.395. The largest absolute Gasteiger partial charge is 0.378 e. The number of ketones is 1. The third-order valence-corrected chi connectivity index (χ3v) is 7.76. The van der Waals surface area contributed by atoms with Crippen molar-refractivity contribution in [2.24, 2.45) is 5.41 Å². The van der Waals surface area contributed by atoms with Gasteiger partial charge < -0.3 is 14.5 Å². The van der Waals surface area contributed by atoms with Crippen LogP contribution in [0.5, 0.6) is 0 Å². The van der Waals surface area contributed by atoms with Crippen LogP contribution in [0, 0.1) is 12.3 Å². The Morgan fingerprint density at radius 2 is 1.69 bits per heavy atom. The molecule has 0 saturated carbocycles. The minimum absolute atomic E-state index is 0.170. The van der Waals surface area contributed by atoms with Gasteiger partial charge in [-0.25, -0.2) is 4.98 Å². The summed E-state index contributed by atoms with van der Waals surface area (Å²) in [7, 11) is 4.09. The highest BCUT2D eigenvalue weighted by atomic mass is 16.5. The number of pyridine rings is 1. The highest BCUT2D eigenvalue weighted by Crippen LogP contribution is 2.42. The predicted octanol–water partition coefficient (Wildman–Crippen LogP) is 5.53. The van der Waals surface area contributed by atoms with Gasteiger partial charge in [-0.1, -0.05) is 61.9 Å². The van der Waals surface area contributed by atoms with E-state index in [9.17, 15) is 4.79 Å². The molecule has 204 valence electrons. The standard InChI is InChI=1S/C33H40N4O2/c1-24-9-11-25(12-10-24)22-37-23-33(2,3)32(38)29(31(37)26-13-15-28(16-14-26)35(4)5)21-27-7-6-8-30(34-27)36-17-19-39-20-18-36/h6-16,21,31H,17-20,22-23H2,1-5H3. The second kappa shape index (κ2) is 11.3. The summed E-state index contributed by atoms with van der Waals surface area (Å²) < 4.78 is 5.53. The number of anilines is 2. The molecule has 6 heteroatoms. The Balaban J connectivity index is 1.58. The number of Topliss-reactive ketones (excluding diaryl/α,β-unsaturated/α-hetero) is 1. The summed E-state index contributed by atoms with van der Waals surface area (Å²) in [6.45, 7) is 10.7. The van der Waals surface area contributed by atoms with Crippen LogP contribution in [-0.4, -0.2) is 62.6 Å². The summed E-state index contributed by atoms with van der Waals surface area (Å²) >= 11 is 0. The second-order valence-corrected chi connectivity index (χ2v) is 11.6. The Bertz CT molecular complexity index is 1320. The molecule has 2 saturated heterocycles. The SMILES string of the molecule is Cc1ccc(CN2CC(C)(C)C(=O)C(=Cc3cccc(N4CCOCC4)n3)C2c2ccc(N(C)C)cc2)cc1. The zero-order chi connectivity index (χ0) is 27.6. The van der Waals surface area contributed by atoms with Crippen LogP contribution in [0.3, 0.4) is 0 Å². The number of hydrogen-bond donors (Lipinski definition) is 0. The second-order valence-electron chi connectivity index (χ2n) is 11.6. The van der Waals surface area contributed by atoms with E-state index in [1.807, 2.05) is 38.4 Å². The van der Waals surface area contributed by atoms with Crippen LogP contribution in [0.25, 0.3) is 6.08 Å². The van der Waals surface area contributed by atoms with Crippen molar-refractivity contribution < 1.29 is 9.53 Å². The summed E-state index contributed by atoms with van der Waals surface area (Å²) in [6.07, 6.45) is 2.03. The van der Waals surface area contributed by atoms with Gasteiger partial charge in [0, 0.05) is 56.9 Å². The average Bonchev–Trinajstić information content (AvgIpc) is 2.93. The highest BCUT2D eigenvalue weighted by molar-refractivity contribution is 6.05. The lowest BCUT2D eigenvalue weighted by molar-refractivity contribution is -0.128. The number of nitrogens with zero attached hydrogens (tertiary/aromatic N) is 4. The molecule has 0 amide bonds. The van der Waals surface area contributed by atoms with Crippen molar-refractivity contribution in [1.29, 1.82) is 0 Å². The fourth-order valence-electron chi connectivity index (χ4n) is 5.60. The summed E-state index contributed by atoms with van der Waals surface area (Å²) in [5.41, 5.74) is 5.83. The number of aryl methyl sites for hydroxylation is 1. The Labute approximate surface area is 232 Å². The molecular weight excluding hydrogens is 484 g/mol. The van der Waals surface area contributed by atoms with E-state index >= 15 is 0 Å². The van der Waals surface area contributed by atoms with Crippen LogP contribution < -0.4 is 9.80 Å². The van der Waals surface area contributed by atoms with Gasteiger partial charge in [0.2, 0.25) is 0 Å². The first kappa shape index (κ1) is 27.1. The van der Waals surface area contributed by atoms with Crippen molar-refractivity contribution in [3.8, 4) is 0 Å². The Hall–Kier alpha value is -3.48. The molecule has 5 rings (SSSR count). The number of rotatable bonds is 6. The van der Waals surface area contributed by atoms with E-state index in [-0.39, 0.29) is 11.8 Å². The maximum Gasteiger partial charge on any atom is 0.167 e.